The zero-order chi connectivity index (χ0) is 14.1. The van der Waals surface area contributed by atoms with E-state index in [4.69, 9.17) is 10.5 Å². The van der Waals surface area contributed by atoms with Crippen molar-refractivity contribution >= 4 is 5.69 Å². The summed E-state index contributed by atoms with van der Waals surface area (Å²) in [6, 6.07) is 6.09. The molecule has 0 amide bonds. The van der Waals surface area contributed by atoms with E-state index in [1.807, 2.05) is 29.8 Å². The summed E-state index contributed by atoms with van der Waals surface area (Å²) in [4.78, 5) is 0. The van der Waals surface area contributed by atoms with Crippen LogP contribution in [0.4, 0.5) is 5.69 Å². The van der Waals surface area contributed by atoms with Crippen LogP contribution in [-0.2, 0) is 4.74 Å². The molecule has 2 aromatic rings. The number of tetrazole rings is 1. The standard InChI is InChI=1S/C14H19N5O/c1-9-8-10(6-7-11(9)15)14-16-17-18-19(14)12-4-3-5-13(12)20-2/h6-8,12-13H,3-5,15H2,1-2H3. The van der Waals surface area contributed by atoms with Crippen LogP contribution in [0, 0.1) is 6.92 Å². The van der Waals surface area contributed by atoms with E-state index >= 15 is 0 Å². The van der Waals surface area contributed by atoms with Crippen LogP contribution in [0.25, 0.3) is 11.4 Å². The van der Waals surface area contributed by atoms with Crippen LogP contribution in [-0.4, -0.2) is 33.4 Å². The number of nitrogens with zero attached hydrogens (tertiary/aromatic N) is 4. The predicted octanol–water partition coefficient (Wildman–Crippen LogP) is 1.97. The smallest absolute Gasteiger partial charge is 0.182 e. The molecule has 1 aliphatic rings. The van der Waals surface area contributed by atoms with Gasteiger partial charge in [0, 0.05) is 18.4 Å². The van der Waals surface area contributed by atoms with Crippen molar-refractivity contribution in [1.82, 2.24) is 20.2 Å². The van der Waals surface area contributed by atoms with Gasteiger partial charge in [0.05, 0.1) is 12.1 Å². The van der Waals surface area contributed by atoms with Crippen LogP contribution >= 0.6 is 0 Å². The second-order valence-corrected chi connectivity index (χ2v) is 5.29. The Morgan fingerprint density at radius 2 is 2.20 bits per heavy atom. The SMILES string of the molecule is COC1CCCC1n1nnnc1-c1ccc(N)c(C)c1. The van der Waals surface area contributed by atoms with E-state index in [1.54, 1.807) is 7.11 Å². The van der Waals surface area contributed by atoms with Crippen LogP contribution in [0.2, 0.25) is 0 Å². The first-order chi connectivity index (χ1) is 9.70. The lowest BCUT2D eigenvalue weighted by molar-refractivity contribution is 0.0708. The van der Waals surface area contributed by atoms with Gasteiger partial charge in [-0.05, 0) is 60.4 Å². The number of aromatic nitrogens is 4. The maximum Gasteiger partial charge on any atom is 0.182 e. The quantitative estimate of drug-likeness (QED) is 0.865. The van der Waals surface area contributed by atoms with Gasteiger partial charge in [0.2, 0.25) is 0 Å². The van der Waals surface area contributed by atoms with Crippen LogP contribution in [0.1, 0.15) is 30.9 Å². The third kappa shape index (κ3) is 2.16. The molecule has 1 heterocycles. The Labute approximate surface area is 117 Å². The van der Waals surface area contributed by atoms with E-state index < -0.39 is 0 Å². The van der Waals surface area contributed by atoms with E-state index in [2.05, 4.69) is 15.5 Å². The second kappa shape index (κ2) is 5.20. The number of methoxy groups -OCH3 is 1. The molecule has 3 rings (SSSR count). The number of anilines is 1. The van der Waals surface area contributed by atoms with Crippen molar-refractivity contribution in [2.75, 3.05) is 12.8 Å². The lowest BCUT2D eigenvalue weighted by Gasteiger charge is -2.19. The molecule has 1 aromatic heterocycles. The maximum absolute atomic E-state index is 5.87. The van der Waals surface area contributed by atoms with Gasteiger partial charge in [0.15, 0.2) is 5.82 Å². The summed E-state index contributed by atoms with van der Waals surface area (Å²) in [6.07, 6.45) is 3.43. The van der Waals surface area contributed by atoms with E-state index in [0.717, 1.165) is 41.9 Å². The minimum absolute atomic E-state index is 0.187. The lowest BCUT2D eigenvalue weighted by Crippen LogP contribution is -2.22. The highest BCUT2D eigenvalue weighted by Crippen LogP contribution is 2.34. The third-order valence-corrected chi connectivity index (χ3v) is 4.06. The van der Waals surface area contributed by atoms with Crippen LogP contribution in [0.15, 0.2) is 18.2 Å². The van der Waals surface area contributed by atoms with Gasteiger partial charge in [-0.2, -0.15) is 0 Å². The Bertz CT molecular complexity index is 609. The molecular formula is C14H19N5O. The summed E-state index contributed by atoms with van der Waals surface area (Å²) >= 11 is 0. The first-order valence-corrected chi connectivity index (χ1v) is 6.88. The predicted molar refractivity (Wildman–Crippen MR) is 76.1 cm³/mol. The molecule has 2 N–H and O–H groups in total. The van der Waals surface area contributed by atoms with Gasteiger partial charge < -0.3 is 10.5 Å². The molecule has 1 aliphatic carbocycles. The van der Waals surface area contributed by atoms with Crippen molar-refractivity contribution in [2.45, 2.75) is 38.3 Å². The van der Waals surface area contributed by atoms with Crippen molar-refractivity contribution in [3.63, 3.8) is 0 Å². The van der Waals surface area contributed by atoms with Crippen molar-refractivity contribution in [3.8, 4) is 11.4 Å². The van der Waals surface area contributed by atoms with Crippen molar-refractivity contribution in [3.05, 3.63) is 23.8 Å². The minimum atomic E-state index is 0.187. The number of aryl methyl sites for hydroxylation is 1. The van der Waals surface area contributed by atoms with Crippen LogP contribution in [0.5, 0.6) is 0 Å². The maximum atomic E-state index is 5.87. The number of hydrogen-bond acceptors (Lipinski definition) is 5. The molecule has 106 valence electrons. The number of benzene rings is 1. The van der Waals surface area contributed by atoms with E-state index in [1.165, 1.54) is 0 Å². The second-order valence-electron chi connectivity index (χ2n) is 5.29. The Hall–Kier alpha value is -1.95. The lowest BCUT2D eigenvalue weighted by atomic mass is 10.1. The number of rotatable bonds is 3. The van der Waals surface area contributed by atoms with E-state index in [0.29, 0.717) is 0 Å². The fourth-order valence-corrected chi connectivity index (χ4v) is 2.88. The molecule has 20 heavy (non-hydrogen) atoms. The molecule has 6 nitrogen and oxygen atoms in total. The van der Waals surface area contributed by atoms with Gasteiger partial charge in [-0.25, -0.2) is 4.68 Å². The van der Waals surface area contributed by atoms with Gasteiger partial charge in [-0.3, -0.25) is 0 Å². The van der Waals surface area contributed by atoms with Crippen molar-refractivity contribution in [2.24, 2.45) is 0 Å². The fraction of sp³-hybridized carbons (Fsp3) is 0.500. The summed E-state index contributed by atoms with van der Waals surface area (Å²) in [5.41, 5.74) is 8.67. The van der Waals surface area contributed by atoms with Gasteiger partial charge in [-0.15, -0.1) is 5.10 Å². The summed E-state index contributed by atoms with van der Waals surface area (Å²) in [5, 5.41) is 12.2. The highest BCUT2D eigenvalue weighted by Gasteiger charge is 2.31. The number of nitrogen functional groups attached to an aromatic ring is 1. The van der Waals surface area contributed by atoms with Crippen molar-refractivity contribution < 1.29 is 4.74 Å². The van der Waals surface area contributed by atoms with E-state index in [9.17, 15) is 0 Å². The topological polar surface area (TPSA) is 78.8 Å². The number of hydrogen-bond donors (Lipinski definition) is 1. The first-order valence-electron chi connectivity index (χ1n) is 6.88. The molecule has 0 radical (unpaired) electrons. The number of ether oxygens (including phenoxy) is 1. The molecule has 1 saturated carbocycles. The molecule has 2 unspecified atom stereocenters. The Balaban J connectivity index is 1.99. The van der Waals surface area contributed by atoms with Gasteiger partial charge in [0.1, 0.15) is 0 Å². The molecule has 0 saturated heterocycles. The van der Waals surface area contributed by atoms with E-state index in [-0.39, 0.29) is 12.1 Å². The summed E-state index contributed by atoms with van der Waals surface area (Å²) in [7, 11) is 1.75. The van der Waals surface area contributed by atoms with Crippen LogP contribution in [0.3, 0.4) is 0 Å². The van der Waals surface area contributed by atoms with Crippen LogP contribution < -0.4 is 5.73 Å². The summed E-state index contributed by atoms with van der Waals surface area (Å²) in [5.74, 6) is 0.780. The Kier molecular flexibility index (Phi) is 3.40. The first kappa shape index (κ1) is 13.1. The molecule has 0 bridgehead atoms. The molecule has 2 atom stereocenters. The molecule has 1 aromatic carbocycles. The molecule has 1 fully saturated rings. The molecule has 0 spiro atoms. The molecular weight excluding hydrogens is 254 g/mol. The zero-order valence-corrected chi connectivity index (χ0v) is 11.8. The molecule has 6 heteroatoms. The highest BCUT2D eigenvalue weighted by atomic mass is 16.5. The van der Waals surface area contributed by atoms with Gasteiger partial charge >= 0.3 is 0 Å². The largest absolute Gasteiger partial charge is 0.399 e. The third-order valence-electron chi connectivity index (χ3n) is 4.06. The minimum Gasteiger partial charge on any atom is -0.399 e. The average molecular weight is 273 g/mol. The Morgan fingerprint density at radius 3 is 2.95 bits per heavy atom. The molecule has 0 aliphatic heterocycles. The highest BCUT2D eigenvalue weighted by molar-refractivity contribution is 5.61. The Morgan fingerprint density at radius 1 is 1.35 bits per heavy atom. The summed E-state index contributed by atoms with van der Waals surface area (Å²) < 4.78 is 7.44. The van der Waals surface area contributed by atoms with Gasteiger partial charge in [0.25, 0.3) is 0 Å². The summed E-state index contributed by atoms with van der Waals surface area (Å²) in [6.45, 7) is 1.99. The fourth-order valence-electron chi connectivity index (χ4n) is 2.88. The number of nitrogens with two attached hydrogens (primary N) is 1. The van der Waals surface area contributed by atoms with Gasteiger partial charge in [-0.1, -0.05) is 0 Å². The zero-order valence-electron chi connectivity index (χ0n) is 11.8. The monoisotopic (exact) mass is 273 g/mol. The normalized spacial score (nSPS) is 22.3. The average Bonchev–Trinajstić information content (AvgIpc) is 3.08. The van der Waals surface area contributed by atoms with Crippen molar-refractivity contribution in [1.29, 1.82) is 0 Å².